The van der Waals surface area contributed by atoms with E-state index in [0.29, 0.717) is 0 Å². The molecule has 1 aromatic carbocycles. The average Bonchev–Trinajstić information content (AvgIpc) is 2.54. The van der Waals surface area contributed by atoms with Gasteiger partial charge in [0.15, 0.2) is 5.78 Å². The Morgan fingerprint density at radius 1 is 1.16 bits per heavy atom. The number of alkyl halides is 3. The number of halogens is 3. The summed E-state index contributed by atoms with van der Waals surface area (Å²) in [7, 11) is -5.99. The van der Waals surface area contributed by atoms with Gasteiger partial charge in [-0.05, 0) is 12.1 Å². The number of benzene rings is 1. The quantitative estimate of drug-likeness (QED) is 0.580. The number of hydrogen-bond acceptors (Lipinski definition) is 7. The average molecular weight is 381 g/mol. The van der Waals surface area contributed by atoms with Gasteiger partial charge >= 0.3 is 15.6 Å². The van der Waals surface area contributed by atoms with Crippen molar-refractivity contribution in [1.29, 1.82) is 0 Å². The van der Waals surface area contributed by atoms with E-state index in [2.05, 4.69) is 4.18 Å². The molecule has 1 unspecified atom stereocenters. The molecule has 0 saturated carbocycles. The topological polar surface area (TPSA) is 82.1 Å². The minimum Gasteiger partial charge on any atom is -0.446 e. The first-order chi connectivity index (χ1) is 11.6. The molecule has 1 fully saturated rings. The van der Waals surface area contributed by atoms with E-state index in [1.165, 1.54) is 23.1 Å². The van der Waals surface area contributed by atoms with Crippen molar-refractivity contribution < 1.29 is 40.0 Å². The molecule has 2 heterocycles. The molecule has 25 heavy (non-hydrogen) atoms. The van der Waals surface area contributed by atoms with Crippen molar-refractivity contribution in [3.05, 3.63) is 29.8 Å². The van der Waals surface area contributed by atoms with Crippen LogP contribution in [-0.4, -0.2) is 56.8 Å². The second-order valence-electron chi connectivity index (χ2n) is 5.49. The Morgan fingerprint density at radius 2 is 1.80 bits per heavy atom. The molecule has 1 atom stereocenters. The number of morpholine rings is 1. The number of Topliss-reactive ketones (excluding diaryl/α,β-unsaturated/α-hetero) is 1. The molecule has 138 valence electrons. The Labute approximate surface area is 141 Å². The van der Waals surface area contributed by atoms with E-state index < -0.39 is 33.7 Å². The van der Waals surface area contributed by atoms with Gasteiger partial charge < -0.3 is 9.47 Å². The maximum atomic E-state index is 12.8. The predicted octanol–water partition coefficient (Wildman–Crippen LogP) is 1.50. The normalized spacial score (nSPS) is 25.3. The molecular formula is C14H14F3NO6S. The van der Waals surface area contributed by atoms with Crippen molar-refractivity contribution in [2.24, 2.45) is 0 Å². The lowest BCUT2D eigenvalue weighted by atomic mass is 10.0. The number of carbonyl (C=O) groups excluding carboxylic acids is 1. The van der Waals surface area contributed by atoms with E-state index in [0.717, 1.165) is 0 Å². The van der Waals surface area contributed by atoms with Gasteiger partial charge in [0.05, 0.1) is 25.2 Å². The summed E-state index contributed by atoms with van der Waals surface area (Å²) < 4.78 is 76.7. The van der Waals surface area contributed by atoms with Crippen molar-refractivity contribution in [3.63, 3.8) is 0 Å². The largest absolute Gasteiger partial charge is 0.523 e. The lowest BCUT2D eigenvalue weighted by molar-refractivity contribution is -0.242. The molecule has 7 nitrogen and oxygen atoms in total. The summed E-state index contributed by atoms with van der Waals surface area (Å²) in [5, 5.41) is 0. The molecule has 11 heteroatoms. The smallest absolute Gasteiger partial charge is 0.446 e. The van der Waals surface area contributed by atoms with Gasteiger partial charge in [-0.25, -0.2) is 9.08 Å². The highest BCUT2D eigenvalue weighted by molar-refractivity contribution is 7.87. The summed E-state index contributed by atoms with van der Waals surface area (Å²) >= 11 is 0. The van der Waals surface area contributed by atoms with Crippen LogP contribution in [-0.2, 0) is 19.0 Å². The van der Waals surface area contributed by atoms with Gasteiger partial charge in [-0.1, -0.05) is 12.1 Å². The second kappa shape index (κ2) is 6.24. The third-order valence-electron chi connectivity index (χ3n) is 3.86. The molecule has 1 saturated heterocycles. The summed E-state index contributed by atoms with van der Waals surface area (Å²) in [5.74, 6) is -3.02. The Balaban J connectivity index is 2.04. The van der Waals surface area contributed by atoms with Crippen LogP contribution in [0.25, 0.3) is 0 Å². The van der Waals surface area contributed by atoms with Crippen molar-refractivity contribution >= 4 is 15.9 Å². The lowest BCUT2D eigenvalue weighted by Crippen LogP contribution is -2.62. The lowest BCUT2D eigenvalue weighted by Gasteiger charge is -2.45. The van der Waals surface area contributed by atoms with E-state index in [4.69, 9.17) is 9.47 Å². The highest BCUT2D eigenvalue weighted by Gasteiger charge is 2.57. The van der Waals surface area contributed by atoms with Crippen LogP contribution in [0.2, 0.25) is 0 Å². The van der Waals surface area contributed by atoms with Crippen molar-refractivity contribution in [3.8, 4) is 5.75 Å². The summed E-state index contributed by atoms with van der Waals surface area (Å²) in [5.41, 5.74) is -5.49. The second-order valence-corrected chi connectivity index (χ2v) is 7.03. The molecule has 0 aliphatic carbocycles. The number of para-hydroxylation sites is 1. The van der Waals surface area contributed by atoms with Gasteiger partial charge in [-0.2, -0.15) is 21.6 Å². The molecule has 0 bridgehead atoms. The fourth-order valence-electron chi connectivity index (χ4n) is 2.69. The van der Waals surface area contributed by atoms with E-state index in [1.807, 2.05) is 0 Å². The number of rotatable bonds is 3. The first kappa shape index (κ1) is 18.1. The zero-order chi connectivity index (χ0) is 18.3. The van der Waals surface area contributed by atoms with Gasteiger partial charge in [0.1, 0.15) is 5.75 Å². The van der Waals surface area contributed by atoms with E-state index >= 15 is 0 Å². The minimum absolute atomic E-state index is 0.0392. The molecule has 1 aromatic rings. The number of ether oxygens (including phenoxy) is 2. The monoisotopic (exact) mass is 381 g/mol. The third kappa shape index (κ3) is 3.36. The Kier molecular flexibility index (Phi) is 4.52. The van der Waals surface area contributed by atoms with E-state index in [9.17, 15) is 26.4 Å². The number of ketones is 1. The van der Waals surface area contributed by atoms with Crippen molar-refractivity contribution in [2.75, 3.05) is 26.3 Å². The van der Waals surface area contributed by atoms with Crippen LogP contribution in [0.1, 0.15) is 16.8 Å². The maximum Gasteiger partial charge on any atom is 0.523 e. The molecule has 0 aromatic heterocycles. The third-order valence-corrected chi connectivity index (χ3v) is 4.90. The zero-order valence-corrected chi connectivity index (χ0v) is 13.6. The molecule has 0 radical (unpaired) electrons. The highest BCUT2D eigenvalue weighted by Crippen LogP contribution is 2.40. The summed E-state index contributed by atoms with van der Waals surface area (Å²) in [6.07, 6.45) is -0.695. The van der Waals surface area contributed by atoms with Crippen LogP contribution >= 0.6 is 0 Å². The summed E-state index contributed by atoms with van der Waals surface area (Å²) in [6, 6.07) is 5.89. The number of carbonyl (C=O) groups is 1. The Morgan fingerprint density at radius 3 is 2.44 bits per heavy atom. The summed E-state index contributed by atoms with van der Waals surface area (Å²) in [6.45, 7) is 0.360. The number of fused-ring (bicyclic) bond motifs is 1. The van der Waals surface area contributed by atoms with Gasteiger partial charge in [-0.3, -0.25) is 4.79 Å². The summed E-state index contributed by atoms with van der Waals surface area (Å²) in [4.78, 5) is 13.6. The predicted molar refractivity (Wildman–Crippen MR) is 77.2 cm³/mol. The zero-order valence-electron chi connectivity index (χ0n) is 12.8. The Hall–Kier alpha value is -1.69. The van der Waals surface area contributed by atoms with Gasteiger partial charge in [-0.15, -0.1) is 0 Å². The number of hydrogen-bond donors (Lipinski definition) is 0. The van der Waals surface area contributed by atoms with E-state index in [-0.39, 0.29) is 37.6 Å². The number of nitrogens with zero attached hydrogens (tertiary/aromatic N) is 1. The van der Waals surface area contributed by atoms with Crippen LogP contribution in [0.15, 0.2) is 24.3 Å². The first-order valence-corrected chi connectivity index (χ1v) is 8.71. The molecule has 2 aliphatic rings. The Bertz CT molecular complexity index is 775. The fourth-order valence-corrected chi connectivity index (χ4v) is 3.33. The van der Waals surface area contributed by atoms with E-state index in [1.54, 1.807) is 6.07 Å². The van der Waals surface area contributed by atoms with Crippen molar-refractivity contribution in [1.82, 2.24) is 4.90 Å². The van der Waals surface area contributed by atoms with Crippen LogP contribution in [0.5, 0.6) is 5.75 Å². The molecule has 2 aliphatic heterocycles. The van der Waals surface area contributed by atoms with Crippen LogP contribution in [0, 0.1) is 0 Å². The van der Waals surface area contributed by atoms with Crippen LogP contribution in [0.3, 0.4) is 0 Å². The maximum absolute atomic E-state index is 12.8. The molecule has 0 amide bonds. The SMILES string of the molecule is O=C1CC(OS(=O)(=O)C(F)(F)F)(N2CCOCC2)Oc2ccccc21. The molecule has 0 spiro atoms. The van der Waals surface area contributed by atoms with Gasteiger partial charge in [0.2, 0.25) is 0 Å². The standard InChI is InChI=1S/C14H14F3NO6S/c15-14(16,17)25(20,21)24-13(18-5-7-22-8-6-18)9-11(19)10-3-1-2-4-12(10)23-13/h1-4H,5-9H2. The molecule has 3 rings (SSSR count). The minimum atomic E-state index is -5.99. The van der Waals surface area contributed by atoms with Crippen molar-refractivity contribution in [2.45, 2.75) is 17.8 Å². The highest BCUT2D eigenvalue weighted by atomic mass is 32.2. The van der Waals surface area contributed by atoms with Gasteiger partial charge in [0, 0.05) is 13.1 Å². The van der Waals surface area contributed by atoms with Crippen LogP contribution in [0.4, 0.5) is 13.2 Å². The van der Waals surface area contributed by atoms with Crippen LogP contribution < -0.4 is 4.74 Å². The fraction of sp³-hybridized carbons (Fsp3) is 0.500. The molecule has 0 N–H and O–H groups in total. The van der Waals surface area contributed by atoms with Gasteiger partial charge in [0.25, 0.3) is 5.91 Å². The first-order valence-electron chi connectivity index (χ1n) is 7.31. The molecular weight excluding hydrogens is 367 g/mol.